The van der Waals surface area contributed by atoms with E-state index in [0.717, 1.165) is 5.56 Å². The summed E-state index contributed by atoms with van der Waals surface area (Å²) in [5, 5.41) is 3.13. The van der Waals surface area contributed by atoms with Gasteiger partial charge in [0.2, 0.25) is 0 Å². The van der Waals surface area contributed by atoms with Gasteiger partial charge in [0.05, 0.1) is 0 Å². The summed E-state index contributed by atoms with van der Waals surface area (Å²) < 4.78 is 13.5. The molecule has 3 nitrogen and oxygen atoms in total. The lowest BCUT2D eigenvalue weighted by Gasteiger charge is -2.09. The molecule has 0 aliphatic heterocycles. The third-order valence-corrected chi connectivity index (χ3v) is 3.23. The third-order valence-electron chi connectivity index (χ3n) is 2.79. The molecule has 2 aromatic rings. The van der Waals surface area contributed by atoms with Crippen molar-refractivity contribution in [3.05, 3.63) is 63.9 Å². The average Bonchev–Trinajstić information content (AvgIpc) is 2.39. The standard InChI is InChI=1S/C15H12ClFN2OS/c1-8-4-9(6-10(16)5-8)15(20)19-11-2-3-13(17)12(7-11)14(18)21/h2-7H,1H3,(H2,18,21)(H,19,20). The molecule has 0 aliphatic carbocycles. The molecular formula is C15H12ClFN2OS. The molecule has 0 bridgehead atoms. The van der Waals surface area contributed by atoms with E-state index in [1.165, 1.54) is 18.2 Å². The molecule has 0 aromatic heterocycles. The molecule has 3 N–H and O–H groups in total. The van der Waals surface area contributed by atoms with Crippen LogP contribution in [0, 0.1) is 12.7 Å². The minimum absolute atomic E-state index is 0.0674. The largest absolute Gasteiger partial charge is 0.389 e. The van der Waals surface area contributed by atoms with E-state index in [0.29, 0.717) is 16.3 Å². The average molecular weight is 323 g/mol. The van der Waals surface area contributed by atoms with Crippen molar-refractivity contribution in [3.8, 4) is 0 Å². The van der Waals surface area contributed by atoms with E-state index in [2.05, 4.69) is 5.32 Å². The van der Waals surface area contributed by atoms with Crippen LogP contribution in [0.4, 0.5) is 10.1 Å². The highest BCUT2D eigenvalue weighted by Crippen LogP contribution is 2.18. The number of hydrogen-bond acceptors (Lipinski definition) is 2. The van der Waals surface area contributed by atoms with Gasteiger partial charge in [0.15, 0.2) is 0 Å². The van der Waals surface area contributed by atoms with E-state index in [-0.39, 0.29) is 16.5 Å². The van der Waals surface area contributed by atoms with Gasteiger partial charge in [0.1, 0.15) is 10.8 Å². The van der Waals surface area contributed by atoms with Crippen LogP contribution in [-0.2, 0) is 0 Å². The predicted molar refractivity (Wildman–Crippen MR) is 86.4 cm³/mol. The highest BCUT2D eigenvalue weighted by atomic mass is 35.5. The predicted octanol–water partition coefficient (Wildman–Crippen LogP) is 3.67. The lowest BCUT2D eigenvalue weighted by Crippen LogP contribution is -2.15. The first-order chi connectivity index (χ1) is 9.86. The number of carbonyl (C=O) groups is 1. The highest BCUT2D eigenvalue weighted by Gasteiger charge is 2.11. The Morgan fingerprint density at radius 2 is 2.00 bits per heavy atom. The van der Waals surface area contributed by atoms with Gasteiger partial charge in [0.25, 0.3) is 5.91 Å². The van der Waals surface area contributed by atoms with E-state index in [9.17, 15) is 9.18 Å². The van der Waals surface area contributed by atoms with Crippen molar-refractivity contribution in [2.75, 3.05) is 5.32 Å². The van der Waals surface area contributed by atoms with Gasteiger partial charge in [-0.25, -0.2) is 4.39 Å². The van der Waals surface area contributed by atoms with E-state index in [1.54, 1.807) is 18.2 Å². The van der Waals surface area contributed by atoms with Crippen LogP contribution in [0.25, 0.3) is 0 Å². The molecule has 0 spiro atoms. The van der Waals surface area contributed by atoms with Crippen LogP contribution in [-0.4, -0.2) is 10.9 Å². The number of nitrogens with one attached hydrogen (secondary N) is 1. The minimum atomic E-state index is -0.529. The zero-order chi connectivity index (χ0) is 15.6. The summed E-state index contributed by atoms with van der Waals surface area (Å²) in [7, 11) is 0. The zero-order valence-electron chi connectivity index (χ0n) is 11.1. The van der Waals surface area contributed by atoms with Crippen molar-refractivity contribution >= 4 is 40.4 Å². The van der Waals surface area contributed by atoms with Gasteiger partial charge in [-0.3, -0.25) is 4.79 Å². The summed E-state index contributed by atoms with van der Waals surface area (Å²) >= 11 is 10.7. The molecule has 6 heteroatoms. The van der Waals surface area contributed by atoms with Gasteiger partial charge >= 0.3 is 0 Å². The SMILES string of the molecule is Cc1cc(Cl)cc(C(=O)Nc2ccc(F)c(C(N)=S)c2)c1. The molecule has 0 aliphatic rings. The Kier molecular flexibility index (Phi) is 4.55. The molecule has 1 amide bonds. The second kappa shape index (κ2) is 6.20. The van der Waals surface area contributed by atoms with Crippen molar-refractivity contribution in [2.24, 2.45) is 5.73 Å². The number of thiocarbonyl (C=S) groups is 1. The van der Waals surface area contributed by atoms with Crippen molar-refractivity contribution in [1.82, 2.24) is 0 Å². The van der Waals surface area contributed by atoms with Gasteiger partial charge in [-0.2, -0.15) is 0 Å². The molecule has 0 atom stereocenters. The Morgan fingerprint density at radius 1 is 1.29 bits per heavy atom. The summed E-state index contributed by atoms with van der Waals surface area (Å²) in [6.07, 6.45) is 0. The summed E-state index contributed by atoms with van der Waals surface area (Å²) in [6.45, 7) is 1.84. The number of hydrogen-bond donors (Lipinski definition) is 2. The number of amides is 1. The van der Waals surface area contributed by atoms with Crippen molar-refractivity contribution in [1.29, 1.82) is 0 Å². The Balaban J connectivity index is 2.27. The summed E-state index contributed by atoms with van der Waals surface area (Å²) in [5.74, 6) is -0.875. The molecule has 0 heterocycles. The maximum absolute atomic E-state index is 13.5. The van der Waals surface area contributed by atoms with Crippen LogP contribution in [0.2, 0.25) is 5.02 Å². The van der Waals surface area contributed by atoms with Crippen LogP contribution in [0.15, 0.2) is 36.4 Å². The number of anilines is 1. The molecule has 0 fully saturated rings. The Morgan fingerprint density at radius 3 is 2.62 bits per heavy atom. The van der Waals surface area contributed by atoms with Crippen molar-refractivity contribution < 1.29 is 9.18 Å². The zero-order valence-corrected chi connectivity index (χ0v) is 12.7. The summed E-state index contributed by atoms with van der Waals surface area (Å²) in [4.78, 5) is 12.1. The lowest BCUT2D eigenvalue weighted by atomic mass is 10.1. The molecule has 0 unspecified atom stereocenters. The lowest BCUT2D eigenvalue weighted by molar-refractivity contribution is 0.102. The molecular weight excluding hydrogens is 311 g/mol. The van der Waals surface area contributed by atoms with Crippen LogP contribution in [0.1, 0.15) is 21.5 Å². The Hall–Kier alpha value is -1.98. The quantitative estimate of drug-likeness (QED) is 0.848. The number of rotatable bonds is 3. The molecule has 2 aromatic carbocycles. The summed E-state index contributed by atoms with van der Waals surface area (Å²) in [5.41, 5.74) is 7.21. The third kappa shape index (κ3) is 3.77. The Labute approximate surface area is 131 Å². The first-order valence-corrected chi connectivity index (χ1v) is 6.83. The molecule has 21 heavy (non-hydrogen) atoms. The van der Waals surface area contributed by atoms with Gasteiger partial charge in [0, 0.05) is 21.8 Å². The van der Waals surface area contributed by atoms with Gasteiger partial charge in [-0.05, 0) is 48.9 Å². The Bertz CT molecular complexity index is 713. The normalized spacial score (nSPS) is 10.2. The number of nitrogens with two attached hydrogens (primary N) is 1. The number of aryl methyl sites for hydroxylation is 1. The number of benzene rings is 2. The van der Waals surface area contributed by atoms with Crippen LogP contribution in [0.5, 0.6) is 0 Å². The fraction of sp³-hybridized carbons (Fsp3) is 0.0667. The second-order valence-corrected chi connectivity index (χ2v) is 5.41. The van der Waals surface area contributed by atoms with Crippen LogP contribution >= 0.6 is 23.8 Å². The first kappa shape index (κ1) is 15.4. The van der Waals surface area contributed by atoms with Crippen molar-refractivity contribution in [2.45, 2.75) is 6.92 Å². The number of halogens is 2. The van der Waals surface area contributed by atoms with E-state index < -0.39 is 5.82 Å². The van der Waals surface area contributed by atoms with E-state index in [1.807, 2.05) is 6.92 Å². The number of carbonyl (C=O) groups excluding carboxylic acids is 1. The smallest absolute Gasteiger partial charge is 0.255 e. The minimum Gasteiger partial charge on any atom is -0.389 e. The maximum Gasteiger partial charge on any atom is 0.255 e. The van der Waals surface area contributed by atoms with Crippen molar-refractivity contribution in [3.63, 3.8) is 0 Å². The van der Waals surface area contributed by atoms with Crippen LogP contribution in [0.3, 0.4) is 0 Å². The maximum atomic E-state index is 13.5. The monoisotopic (exact) mass is 322 g/mol. The second-order valence-electron chi connectivity index (χ2n) is 4.53. The topological polar surface area (TPSA) is 55.1 Å². The highest BCUT2D eigenvalue weighted by molar-refractivity contribution is 7.80. The summed E-state index contributed by atoms with van der Waals surface area (Å²) in [6, 6.07) is 9.05. The van der Waals surface area contributed by atoms with E-state index in [4.69, 9.17) is 29.6 Å². The molecule has 2 rings (SSSR count). The van der Waals surface area contributed by atoms with Gasteiger partial charge in [-0.15, -0.1) is 0 Å². The fourth-order valence-corrected chi connectivity index (χ4v) is 2.31. The van der Waals surface area contributed by atoms with Crippen LogP contribution < -0.4 is 11.1 Å². The molecule has 0 saturated carbocycles. The first-order valence-electron chi connectivity index (χ1n) is 6.04. The molecule has 0 saturated heterocycles. The van der Waals surface area contributed by atoms with Gasteiger partial charge < -0.3 is 11.1 Å². The molecule has 108 valence electrons. The van der Waals surface area contributed by atoms with Gasteiger partial charge in [-0.1, -0.05) is 23.8 Å². The van der Waals surface area contributed by atoms with E-state index >= 15 is 0 Å². The fourth-order valence-electron chi connectivity index (χ4n) is 1.86. The molecule has 0 radical (unpaired) electrons.